The maximum absolute atomic E-state index is 13.8. The number of carbonyl (C=O) groups is 1. The molecule has 4 nitrogen and oxygen atoms in total. The molecule has 1 aliphatic rings. The minimum atomic E-state index is -3.37. The number of benzene rings is 2. The zero-order valence-electron chi connectivity index (χ0n) is 21.2. The van der Waals surface area contributed by atoms with Crippen molar-refractivity contribution in [3.63, 3.8) is 0 Å². The van der Waals surface area contributed by atoms with Crippen molar-refractivity contribution in [1.82, 2.24) is 10.2 Å². The van der Waals surface area contributed by atoms with Gasteiger partial charge in [0.25, 0.3) is 5.92 Å². The van der Waals surface area contributed by atoms with Crippen molar-refractivity contribution in [3.8, 4) is 11.1 Å². The molecule has 3 rings (SSSR count). The van der Waals surface area contributed by atoms with Gasteiger partial charge in [-0.15, -0.1) is 0 Å². The van der Waals surface area contributed by atoms with Crippen molar-refractivity contribution in [2.75, 3.05) is 34.2 Å². The van der Waals surface area contributed by atoms with Gasteiger partial charge in [0.1, 0.15) is 12.3 Å². The van der Waals surface area contributed by atoms with E-state index in [2.05, 4.69) is 5.32 Å². The van der Waals surface area contributed by atoms with Gasteiger partial charge >= 0.3 is 0 Å². The van der Waals surface area contributed by atoms with E-state index in [9.17, 15) is 13.6 Å². The van der Waals surface area contributed by atoms with E-state index in [1.807, 2.05) is 53.7 Å². The molecule has 0 saturated carbocycles. The van der Waals surface area contributed by atoms with E-state index in [0.717, 1.165) is 11.1 Å². The first-order valence-electron chi connectivity index (χ1n) is 11.4. The van der Waals surface area contributed by atoms with Crippen LogP contribution in [0.2, 0.25) is 5.02 Å². The molecule has 2 aromatic rings. The molecule has 7 heteroatoms. The van der Waals surface area contributed by atoms with Gasteiger partial charge < -0.3 is 20.7 Å². The summed E-state index contributed by atoms with van der Waals surface area (Å²) in [6, 6.07) is 10.9. The van der Waals surface area contributed by atoms with Gasteiger partial charge in [0.15, 0.2) is 0 Å². The molecule has 1 fully saturated rings. The summed E-state index contributed by atoms with van der Waals surface area (Å²) in [5, 5.41) is 3.83. The minimum Gasteiger partial charge on any atom is -0.317 e. The van der Waals surface area contributed by atoms with E-state index < -0.39 is 12.0 Å². The lowest BCUT2D eigenvalue weighted by Gasteiger charge is -2.19. The lowest BCUT2D eigenvalue weighted by atomic mass is 9.98. The second-order valence-electron chi connectivity index (χ2n) is 7.17. The molecular formula is C26H42ClF2N3O. The van der Waals surface area contributed by atoms with Gasteiger partial charge in [-0.1, -0.05) is 75.7 Å². The molecule has 1 aliphatic heterocycles. The SMILES string of the molecule is C1CCNC1.CC.CC.CN(C)C.NC(C=O)C(F)(F)c1ccc(-c2ccc(Cl)cc2)cc1. The summed E-state index contributed by atoms with van der Waals surface area (Å²) in [6.45, 7) is 10.5. The smallest absolute Gasteiger partial charge is 0.294 e. The second kappa shape index (κ2) is 19.6. The molecule has 0 aliphatic carbocycles. The first kappa shape index (κ1) is 33.3. The monoisotopic (exact) mass is 485 g/mol. The van der Waals surface area contributed by atoms with E-state index in [1.54, 1.807) is 36.4 Å². The Bertz CT molecular complexity index is 709. The number of rotatable bonds is 4. The van der Waals surface area contributed by atoms with E-state index in [0.29, 0.717) is 5.02 Å². The predicted molar refractivity (Wildman–Crippen MR) is 139 cm³/mol. The van der Waals surface area contributed by atoms with Crippen LogP contribution < -0.4 is 11.1 Å². The molecule has 0 spiro atoms. The number of nitrogens with one attached hydrogen (secondary N) is 1. The second-order valence-corrected chi connectivity index (χ2v) is 7.60. The van der Waals surface area contributed by atoms with Crippen molar-refractivity contribution < 1.29 is 13.6 Å². The highest BCUT2D eigenvalue weighted by atomic mass is 35.5. The van der Waals surface area contributed by atoms with E-state index >= 15 is 0 Å². The molecule has 0 aromatic heterocycles. The van der Waals surface area contributed by atoms with Crippen LogP contribution in [0.15, 0.2) is 48.5 Å². The Morgan fingerprint density at radius 1 is 0.909 bits per heavy atom. The zero-order chi connectivity index (χ0) is 25.9. The molecule has 0 radical (unpaired) electrons. The van der Waals surface area contributed by atoms with Gasteiger partial charge in [0.05, 0.1) is 0 Å². The lowest BCUT2D eigenvalue weighted by molar-refractivity contribution is -0.118. The van der Waals surface area contributed by atoms with Gasteiger partial charge in [0.2, 0.25) is 0 Å². The number of halogens is 3. The largest absolute Gasteiger partial charge is 0.317 e. The van der Waals surface area contributed by atoms with Crippen LogP contribution in [-0.4, -0.2) is 51.5 Å². The maximum Gasteiger partial charge on any atom is 0.294 e. The summed E-state index contributed by atoms with van der Waals surface area (Å²) in [6.07, 6.45) is 2.83. The Hall–Kier alpha value is -1.86. The summed E-state index contributed by atoms with van der Waals surface area (Å²) < 4.78 is 27.5. The minimum absolute atomic E-state index is 0.0487. The van der Waals surface area contributed by atoms with Gasteiger partial charge in [-0.3, -0.25) is 0 Å². The van der Waals surface area contributed by atoms with Crippen LogP contribution in [0.4, 0.5) is 8.78 Å². The number of hydrogen-bond donors (Lipinski definition) is 2. The third-order valence-electron chi connectivity index (χ3n) is 3.97. The fourth-order valence-corrected chi connectivity index (χ4v) is 2.56. The zero-order valence-corrected chi connectivity index (χ0v) is 21.9. The van der Waals surface area contributed by atoms with Crippen molar-refractivity contribution in [2.45, 2.75) is 52.5 Å². The Morgan fingerprint density at radius 2 is 1.27 bits per heavy atom. The highest BCUT2D eigenvalue weighted by Crippen LogP contribution is 2.32. The van der Waals surface area contributed by atoms with E-state index in [-0.39, 0.29) is 11.8 Å². The molecule has 1 saturated heterocycles. The molecule has 3 N–H and O–H groups in total. The number of carbonyl (C=O) groups excluding carboxylic acids is 1. The Morgan fingerprint density at radius 3 is 1.58 bits per heavy atom. The van der Waals surface area contributed by atoms with Crippen molar-refractivity contribution in [3.05, 3.63) is 59.1 Å². The number of alkyl halides is 2. The quantitative estimate of drug-likeness (QED) is 0.504. The first-order valence-corrected chi connectivity index (χ1v) is 11.8. The van der Waals surface area contributed by atoms with Crippen LogP contribution >= 0.6 is 11.6 Å². The van der Waals surface area contributed by atoms with Gasteiger partial charge in [-0.05, 0) is 70.3 Å². The van der Waals surface area contributed by atoms with Crippen LogP contribution in [0.3, 0.4) is 0 Å². The van der Waals surface area contributed by atoms with Crippen molar-refractivity contribution in [1.29, 1.82) is 0 Å². The Balaban J connectivity index is 0. The Kier molecular flexibility index (Phi) is 19.8. The molecule has 188 valence electrons. The van der Waals surface area contributed by atoms with Gasteiger partial charge in [-0.25, -0.2) is 0 Å². The Labute approximate surface area is 204 Å². The van der Waals surface area contributed by atoms with Crippen molar-refractivity contribution in [2.24, 2.45) is 5.73 Å². The van der Waals surface area contributed by atoms with Crippen LogP contribution in [0, 0.1) is 0 Å². The molecule has 0 bridgehead atoms. The molecule has 1 heterocycles. The third-order valence-corrected chi connectivity index (χ3v) is 4.22. The fourth-order valence-electron chi connectivity index (χ4n) is 2.43. The summed E-state index contributed by atoms with van der Waals surface area (Å²) in [5.74, 6) is -3.37. The van der Waals surface area contributed by atoms with Gasteiger partial charge in [-0.2, -0.15) is 8.78 Å². The molecular weight excluding hydrogens is 444 g/mol. The predicted octanol–water partition coefficient (Wildman–Crippen LogP) is 6.23. The molecule has 1 atom stereocenters. The highest BCUT2D eigenvalue weighted by molar-refractivity contribution is 6.30. The van der Waals surface area contributed by atoms with E-state index in [1.165, 1.54) is 38.1 Å². The lowest BCUT2D eigenvalue weighted by Crippen LogP contribution is -2.39. The van der Waals surface area contributed by atoms with Crippen LogP contribution in [-0.2, 0) is 10.7 Å². The molecule has 0 amide bonds. The molecule has 1 unspecified atom stereocenters. The number of nitrogens with zero attached hydrogens (tertiary/aromatic N) is 1. The summed E-state index contributed by atoms with van der Waals surface area (Å²) in [7, 11) is 6.00. The third kappa shape index (κ3) is 14.1. The van der Waals surface area contributed by atoms with E-state index in [4.69, 9.17) is 17.3 Å². The topological polar surface area (TPSA) is 58.4 Å². The first-order chi connectivity index (χ1) is 15.7. The maximum atomic E-state index is 13.8. The molecule has 33 heavy (non-hydrogen) atoms. The summed E-state index contributed by atoms with van der Waals surface area (Å²) >= 11 is 5.79. The van der Waals surface area contributed by atoms with Crippen LogP contribution in [0.5, 0.6) is 0 Å². The fraction of sp³-hybridized carbons (Fsp3) is 0.500. The highest BCUT2D eigenvalue weighted by Gasteiger charge is 2.38. The standard InChI is InChI=1S/C15H12ClF2NO.C4H9N.C3H9N.2C2H6/c16-13-7-3-11(4-8-13)10-1-5-12(6-2-10)15(17,18)14(19)9-20;1-2-4-5-3-1;1-4(2)3;2*1-2/h1-9,14H,19H2;5H,1-4H2;1-3H3;2*1-2H3. The van der Waals surface area contributed by atoms with Gasteiger partial charge in [0, 0.05) is 10.6 Å². The summed E-state index contributed by atoms with van der Waals surface area (Å²) in [4.78, 5) is 12.4. The van der Waals surface area contributed by atoms with Crippen molar-refractivity contribution >= 4 is 17.9 Å². The average Bonchev–Trinajstić information content (AvgIpc) is 3.42. The van der Waals surface area contributed by atoms with Crippen LogP contribution in [0.1, 0.15) is 46.1 Å². The average molecular weight is 486 g/mol. The van der Waals surface area contributed by atoms with Crippen LogP contribution in [0.25, 0.3) is 11.1 Å². The number of hydrogen-bond acceptors (Lipinski definition) is 4. The normalized spacial score (nSPS) is 13.0. The summed E-state index contributed by atoms with van der Waals surface area (Å²) in [5.41, 5.74) is 6.48. The number of nitrogens with two attached hydrogens (primary N) is 1. The number of aldehydes is 1. The molecule has 2 aromatic carbocycles.